The summed E-state index contributed by atoms with van der Waals surface area (Å²) in [5, 5.41) is 6.53. The minimum atomic E-state index is -0.886. The van der Waals surface area contributed by atoms with Gasteiger partial charge < -0.3 is 4.90 Å². The van der Waals surface area contributed by atoms with Crippen LogP contribution in [0, 0.1) is 18.6 Å². The third-order valence-corrected chi connectivity index (χ3v) is 2.53. The van der Waals surface area contributed by atoms with Crippen LogP contribution in [0.4, 0.5) is 8.78 Å². The van der Waals surface area contributed by atoms with E-state index in [-0.39, 0.29) is 12.1 Å². The summed E-state index contributed by atoms with van der Waals surface area (Å²) in [5.41, 5.74) is -0.184. The van der Waals surface area contributed by atoms with Crippen molar-refractivity contribution in [2.24, 2.45) is 0 Å². The van der Waals surface area contributed by atoms with Crippen molar-refractivity contribution in [1.82, 2.24) is 20.1 Å². The van der Waals surface area contributed by atoms with Gasteiger partial charge in [-0.3, -0.25) is 9.89 Å². The molecule has 0 spiro atoms. The van der Waals surface area contributed by atoms with Crippen LogP contribution < -0.4 is 0 Å². The molecule has 19 heavy (non-hydrogen) atoms. The zero-order valence-electron chi connectivity index (χ0n) is 10.4. The summed E-state index contributed by atoms with van der Waals surface area (Å²) in [5.74, 6) is -1.11. The van der Waals surface area contributed by atoms with E-state index in [1.54, 1.807) is 6.92 Å². The van der Waals surface area contributed by atoms with E-state index >= 15 is 0 Å². The molecule has 2 aromatic rings. The van der Waals surface area contributed by atoms with Crippen molar-refractivity contribution in [2.75, 3.05) is 7.05 Å². The monoisotopic (exact) mass is 266 g/mol. The molecule has 0 saturated heterocycles. The molecule has 100 valence electrons. The van der Waals surface area contributed by atoms with Crippen molar-refractivity contribution in [1.29, 1.82) is 0 Å². The molecule has 5 nitrogen and oxygen atoms in total. The van der Waals surface area contributed by atoms with Crippen molar-refractivity contribution >= 4 is 5.91 Å². The first kappa shape index (κ1) is 13.1. The molecule has 0 saturated carbocycles. The summed E-state index contributed by atoms with van der Waals surface area (Å²) in [6, 6.07) is 2.84. The molecule has 1 aromatic heterocycles. The van der Waals surface area contributed by atoms with E-state index in [2.05, 4.69) is 15.2 Å². The van der Waals surface area contributed by atoms with E-state index in [1.165, 1.54) is 11.9 Å². The molecule has 1 aromatic carbocycles. The lowest BCUT2D eigenvalue weighted by molar-refractivity contribution is 0.0777. The van der Waals surface area contributed by atoms with E-state index in [1.807, 2.05) is 0 Å². The molecular weight excluding hydrogens is 254 g/mol. The SMILES string of the molecule is Cc1nc(CN(C)C(=O)c2ccc(F)cc2F)n[nH]1. The third-order valence-electron chi connectivity index (χ3n) is 2.53. The molecule has 0 aliphatic carbocycles. The molecule has 2 rings (SSSR count). The van der Waals surface area contributed by atoms with Gasteiger partial charge in [-0.25, -0.2) is 13.8 Å². The predicted molar refractivity (Wildman–Crippen MR) is 63.3 cm³/mol. The number of H-pyrrole nitrogens is 1. The van der Waals surface area contributed by atoms with Gasteiger partial charge in [0.25, 0.3) is 5.91 Å². The summed E-state index contributed by atoms with van der Waals surface area (Å²) in [6.45, 7) is 1.87. The third kappa shape index (κ3) is 2.93. The van der Waals surface area contributed by atoms with Crippen LogP contribution in [0.2, 0.25) is 0 Å². The van der Waals surface area contributed by atoms with Gasteiger partial charge >= 0.3 is 0 Å². The van der Waals surface area contributed by atoms with Gasteiger partial charge in [-0.2, -0.15) is 5.10 Å². The maximum atomic E-state index is 13.5. The Kier molecular flexibility index (Phi) is 3.55. The summed E-state index contributed by atoms with van der Waals surface area (Å²) < 4.78 is 26.3. The second-order valence-corrected chi connectivity index (χ2v) is 4.12. The number of halogens is 2. The number of carbonyl (C=O) groups excluding carboxylic acids is 1. The molecule has 1 heterocycles. The Morgan fingerprint density at radius 2 is 2.16 bits per heavy atom. The van der Waals surface area contributed by atoms with E-state index in [4.69, 9.17) is 0 Å². The van der Waals surface area contributed by atoms with Gasteiger partial charge in [-0.15, -0.1) is 0 Å². The van der Waals surface area contributed by atoms with E-state index in [0.717, 1.165) is 12.1 Å². The number of rotatable bonds is 3. The normalized spacial score (nSPS) is 10.5. The molecule has 0 fully saturated rings. The standard InChI is InChI=1S/C12H12F2N4O/c1-7-15-11(17-16-7)6-18(2)12(19)9-4-3-8(13)5-10(9)14/h3-5H,6H2,1-2H3,(H,15,16,17). The molecule has 0 unspecified atom stereocenters. The molecular formula is C12H12F2N4O. The lowest BCUT2D eigenvalue weighted by Gasteiger charge is -2.15. The maximum Gasteiger partial charge on any atom is 0.256 e. The van der Waals surface area contributed by atoms with Crippen molar-refractivity contribution in [3.8, 4) is 0 Å². The van der Waals surface area contributed by atoms with Crippen molar-refractivity contribution in [2.45, 2.75) is 13.5 Å². The highest BCUT2D eigenvalue weighted by molar-refractivity contribution is 5.94. The Bertz CT molecular complexity index is 612. The first-order chi connectivity index (χ1) is 8.97. The van der Waals surface area contributed by atoms with Gasteiger partial charge in [0.2, 0.25) is 0 Å². The highest BCUT2D eigenvalue weighted by atomic mass is 19.1. The quantitative estimate of drug-likeness (QED) is 0.919. The Balaban J connectivity index is 2.14. The number of nitrogens with zero attached hydrogens (tertiary/aromatic N) is 3. The Morgan fingerprint density at radius 1 is 1.42 bits per heavy atom. The van der Waals surface area contributed by atoms with Gasteiger partial charge in [-0.1, -0.05) is 0 Å². The van der Waals surface area contributed by atoms with Crippen LogP contribution in [-0.4, -0.2) is 33.0 Å². The van der Waals surface area contributed by atoms with Gasteiger partial charge in [0.15, 0.2) is 5.82 Å². The van der Waals surface area contributed by atoms with Crippen LogP contribution in [0.25, 0.3) is 0 Å². The maximum absolute atomic E-state index is 13.5. The van der Waals surface area contributed by atoms with Gasteiger partial charge in [-0.05, 0) is 19.1 Å². The molecule has 0 aliphatic heterocycles. The second-order valence-electron chi connectivity index (χ2n) is 4.12. The minimum absolute atomic E-state index is 0.139. The van der Waals surface area contributed by atoms with E-state index in [0.29, 0.717) is 17.7 Å². The van der Waals surface area contributed by atoms with Gasteiger partial charge in [0, 0.05) is 13.1 Å². The fraction of sp³-hybridized carbons (Fsp3) is 0.250. The molecule has 0 aliphatic rings. The molecule has 0 bridgehead atoms. The first-order valence-electron chi connectivity index (χ1n) is 5.56. The average molecular weight is 266 g/mol. The van der Waals surface area contributed by atoms with Gasteiger partial charge in [0.1, 0.15) is 17.5 Å². The topological polar surface area (TPSA) is 61.9 Å². The largest absolute Gasteiger partial charge is 0.334 e. The number of aryl methyl sites for hydroxylation is 1. The summed E-state index contributed by atoms with van der Waals surface area (Å²) in [4.78, 5) is 17.3. The summed E-state index contributed by atoms with van der Waals surface area (Å²) >= 11 is 0. The van der Waals surface area contributed by atoms with Crippen LogP contribution in [0.1, 0.15) is 22.0 Å². The Hall–Kier alpha value is -2.31. The van der Waals surface area contributed by atoms with Crippen LogP contribution in [-0.2, 0) is 6.54 Å². The molecule has 7 heteroatoms. The van der Waals surface area contributed by atoms with E-state index in [9.17, 15) is 13.6 Å². The van der Waals surface area contributed by atoms with Gasteiger partial charge in [0.05, 0.1) is 12.1 Å². The number of hydrogen-bond acceptors (Lipinski definition) is 3. The summed E-state index contributed by atoms with van der Waals surface area (Å²) in [6.07, 6.45) is 0. The Labute approximate surface area is 108 Å². The number of carbonyl (C=O) groups is 1. The first-order valence-corrected chi connectivity index (χ1v) is 5.56. The number of aromatic amines is 1. The van der Waals surface area contributed by atoms with Crippen LogP contribution in [0.5, 0.6) is 0 Å². The fourth-order valence-corrected chi connectivity index (χ4v) is 1.61. The van der Waals surface area contributed by atoms with Crippen LogP contribution >= 0.6 is 0 Å². The fourth-order valence-electron chi connectivity index (χ4n) is 1.61. The molecule has 0 atom stereocenters. The highest BCUT2D eigenvalue weighted by Gasteiger charge is 2.18. The number of hydrogen-bond donors (Lipinski definition) is 1. The molecule has 1 N–H and O–H groups in total. The zero-order valence-corrected chi connectivity index (χ0v) is 10.4. The van der Waals surface area contributed by atoms with Crippen molar-refractivity contribution < 1.29 is 13.6 Å². The second kappa shape index (κ2) is 5.13. The van der Waals surface area contributed by atoms with E-state index < -0.39 is 17.5 Å². The Morgan fingerprint density at radius 3 is 2.74 bits per heavy atom. The number of amides is 1. The number of benzene rings is 1. The lowest BCUT2D eigenvalue weighted by atomic mass is 10.2. The smallest absolute Gasteiger partial charge is 0.256 e. The lowest BCUT2D eigenvalue weighted by Crippen LogP contribution is -2.27. The highest BCUT2D eigenvalue weighted by Crippen LogP contribution is 2.12. The molecule has 1 amide bonds. The zero-order chi connectivity index (χ0) is 14.0. The average Bonchev–Trinajstić information content (AvgIpc) is 2.74. The predicted octanol–water partition coefficient (Wildman–Crippen LogP) is 1.66. The van der Waals surface area contributed by atoms with Crippen LogP contribution in [0.3, 0.4) is 0 Å². The number of nitrogens with one attached hydrogen (secondary N) is 1. The van der Waals surface area contributed by atoms with Crippen LogP contribution in [0.15, 0.2) is 18.2 Å². The van der Waals surface area contributed by atoms with Crippen molar-refractivity contribution in [3.63, 3.8) is 0 Å². The molecule has 0 radical (unpaired) electrons. The summed E-state index contributed by atoms with van der Waals surface area (Å²) in [7, 11) is 1.50. The minimum Gasteiger partial charge on any atom is -0.334 e. The van der Waals surface area contributed by atoms with Crippen molar-refractivity contribution in [3.05, 3.63) is 47.0 Å². The number of aromatic nitrogens is 3.